The Kier molecular flexibility index (Phi) is 5.32. The topological polar surface area (TPSA) is 48.3 Å². The normalized spacial score (nSPS) is 10.7. The molecule has 0 saturated heterocycles. The van der Waals surface area contributed by atoms with E-state index in [1.54, 1.807) is 18.2 Å². The number of esters is 1. The predicted molar refractivity (Wildman–Crippen MR) is 98.5 cm³/mol. The minimum Gasteiger partial charge on any atom is -0.457 e. The molecule has 0 aliphatic heterocycles. The number of nitrogens with zero attached hydrogens (tertiary/aromatic N) is 1. The molecule has 6 heteroatoms. The quantitative estimate of drug-likeness (QED) is 0.480. The molecule has 0 aliphatic rings. The first-order chi connectivity index (χ1) is 12.5. The van der Waals surface area contributed by atoms with Crippen LogP contribution in [0.15, 0.2) is 47.8 Å². The molecule has 0 aliphatic carbocycles. The number of rotatable bonds is 6. The number of ketones is 1. The predicted octanol–water partition coefficient (Wildman–Crippen LogP) is 4.26. The molecule has 2 heterocycles. The molecule has 134 valence electrons. The summed E-state index contributed by atoms with van der Waals surface area (Å²) in [4.78, 5) is 25.2. The highest BCUT2D eigenvalue weighted by Crippen LogP contribution is 2.21. The minimum atomic E-state index is -0.423. The maximum absolute atomic E-state index is 13.1. The van der Waals surface area contributed by atoms with Gasteiger partial charge in [-0.15, -0.1) is 11.3 Å². The van der Waals surface area contributed by atoms with Crippen molar-refractivity contribution < 1.29 is 18.7 Å². The van der Waals surface area contributed by atoms with Crippen molar-refractivity contribution >= 4 is 23.1 Å². The molecule has 0 saturated carbocycles. The second-order valence-corrected chi connectivity index (χ2v) is 6.97. The van der Waals surface area contributed by atoms with Gasteiger partial charge in [-0.1, -0.05) is 6.07 Å². The maximum Gasteiger partial charge on any atom is 0.311 e. The van der Waals surface area contributed by atoms with Gasteiger partial charge in [-0.25, -0.2) is 4.39 Å². The van der Waals surface area contributed by atoms with Crippen molar-refractivity contribution in [1.82, 2.24) is 4.57 Å². The monoisotopic (exact) mass is 371 g/mol. The molecule has 0 fully saturated rings. The Hall–Kier alpha value is -2.73. The van der Waals surface area contributed by atoms with Gasteiger partial charge in [0.2, 0.25) is 5.78 Å². The lowest BCUT2D eigenvalue weighted by Gasteiger charge is -2.10. The van der Waals surface area contributed by atoms with Crippen molar-refractivity contribution in [2.75, 3.05) is 6.61 Å². The summed E-state index contributed by atoms with van der Waals surface area (Å²) in [5.41, 5.74) is 2.85. The zero-order valence-corrected chi connectivity index (χ0v) is 15.3. The molecule has 0 atom stereocenters. The number of aromatic nitrogens is 1. The van der Waals surface area contributed by atoms with Crippen LogP contribution in [0.5, 0.6) is 0 Å². The third-order valence-electron chi connectivity index (χ3n) is 4.08. The number of benzene rings is 1. The van der Waals surface area contributed by atoms with Gasteiger partial charge in [0.15, 0.2) is 6.61 Å². The van der Waals surface area contributed by atoms with Gasteiger partial charge in [0.1, 0.15) is 5.82 Å². The van der Waals surface area contributed by atoms with Crippen LogP contribution >= 0.6 is 11.3 Å². The lowest BCUT2D eigenvalue weighted by molar-refractivity contribution is -0.141. The molecule has 0 unspecified atom stereocenters. The molecule has 0 N–H and O–H groups in total. The first-order valence-electron chi connectivity index (χ1n) is 8.12. The SMILES string of the molecule is Cc1cc(C(=O)COC(=O)Cc2cccs2)c(C)n1-c1ccc(F)cc1. The van der Waals surface area contributed by atoms with E-state index in [0.717, 1.165) is 22.0 Å². The van der Waals surface area contributed by atoms with Crippen molar-refractivity contribution in [2.24, 2.45) is 0 Å². The van der Waals surface area contributed by atoms with E-state index in [-0.39, 0.29) is 24.6 Å². The highest BCUT2D eigenvalue weighted by atomic mass is 32.1. The number of carbonyl (C=O) groups excluding carboxylic acids is 2. The minimum absolute atomic E-state index is 0.166. The third-order valence-corrected chi connectivity index (χ3v) is 4.96. The molecular formula is C20H18FNO3S. The second kappa shape index (κ2) is 7.66. The molecule has 3 rings (SSSR count). The molecular weight excluding hydrogens is 353 g/mol. The zero-order valence-electron chi connectivity index (χ0n) is 14.5. The molecule has 0 spiro atoms. The van der Waals surface area contributed by atoms with Gasteiger partial charge in [-0.3, -0.25) is 9.59 Å². The first-order valence-corrected chi connectivity index (χ1v) is 9.00. The van der Waals surface area contributed by atoms with Crippen LogP contribution < -0.4 is 0 Å². The lowest BCUT2D eigenvalue weighted by Crippen LogP contribution is -2.16. The van der Waals surface area contributed by atoms with Gasteiger partial charge in [0.25, 0.3) is 0 Å². The van der Waals surface area contributed by atoms with Crippen LogP contribution in [0.25, 0.3) is 5.69 Å². The number of Topliss-reactive ketones (excluding diaryl/α,β-unsaturated/α-hetero) is 1. The maximum atomic E-state index is 13.1. The van der Waals surface area contributed by atoms with Crippen molar-refractivity contribution in [3.8, 4) is 5.69 Å². The highest BCUT2D eigenvalue weighted by molar-refractivity contribution is 7.10. The van der Waals surface area contributed by atoms with Crippen molar-refractivity contribution in [3.63, 3.8) is 0 Å². The van der Waals surface area contributed by atoms with E-state index in [2.05, 4.69) is 0 Å². The summed E-state index contributed by atoms with van der Waals surface area (Å²) in [6.45, 7) is 3.39. The Morgan fingerprint density at radius 3 is 2.54 bits per heavy atom. The average molecular weight is 371 g/mol. The molecule has 0 radical (unpaired) electrons. The van der Waals surface area contributed by atoms with Crippen LogP contribution in [0, 0.1) is 19.7 Å². The molecule has 26 heavy (non-hydrogen) atoms. The van der Waals surface area contributed by atoms with E-state index in [1.807, 2.05) is 35.9 Å². The van der Waals surface area contributed by atoms with Gasteiger partial charge in [-0.2, -0.15) is 0 Å². The fourth-order valence-corrected chi connectivity index (χ4v) is 3.55. The molecule has 3 aromatic rings. The van der Waals surface area contributed by atoms with Gasteiger partial charge in [0, 0.05) is 27.5 Å². The summed E-state index contributed by atoms with van der Waals surface area (Å²) < 4.78 is 20.1. The number of hydrogen-bond donors (Lipinski definition) is 0. The Morgan fingerprint density at radius 2 is 1.88 bits per heavy atom. The van der Waals surface area contributed by atoms with Gasteiger partial charge < -0.3 is 9.30 Å². The Morgan fingerprint density at radius 1 is 1.15 bits per heavy atom. The average Bonchev–Trinajstić information content (AvgIpc) is 3.22. The number of thiophene rings is 1. The second-order valence-electron chi connectivity index (χ2n) is 5.94. The molecule has 1 aromatic carbocycles. The zero-order chi connectivity index (χ0) is 18.7. The Labute approximate surface area is 154 Å². The van der Waals surface area contributed by atoms with Crippen molar-refractivity contribution in [1.29, 1.82) is 0 Å². The summed E-state index contributed by atoms with van der Waals surface area (Å²) >= 11 is 1.47. The fourth-order valence-electron chi connectivity index (χ4n) is 2.86. The van der Waals surface area contributed by atoms with Crippen LogP contribution in [-0.2, 0) is 16.0 Å². The van der Waals surface area contributed by atoms with E-state index < -0.39 is 5.97 Å². The number of halogens is 1. The number of hydrogen-bond acceptors (Lipinski definition) is 4. The molecule has 2 aromatic heterocycles. The number of ether oxygens (including phenoxy) is 1. The fraction of sp³-hybridized carbons (Fsp3) is 0.200. The highest BCUT2D eigenvalue weighted by Gasteiger charge is 2.18. The summed E-state index contributed by atoms with van der Waals surface area (Å²) in [5, 5.41) is 1.89. The standard InChI is InChI=1S/C20H18FNO3S/c1-13-10-18(14(2)22(13)16-7-5-15(21)6-8-16)19(23)12-25-20(24)11-17-4-3-9-26-17/h3-10H,11-12H2,1-2H3. The van der Waals surface area contributed by atoms with Crippen LogP contribution in [0.2, 0.25) is 0 Å². The van der Waals surface area contributed by atoms with Crippen LogP contribution in [0.1, 0.15) is 26.6 Å². The summed E-state index contributed by atoms with van der Waals surface area (Å²) in [6, 6.07) is 11.5. The van der Waals surface area contributed by atoms with E-state index >= 15 is 0 Å². The van der Waals surface area contributed by atoms with Crippen LogP contribution in [-0.4, -0.2) is 22.9 Å². The van der Waals surface area contributed by atoms with E-state index in [1.165, 1.54) is 23.5 Å². The Balaban J connectivity index is 1.71. The summed E-state index contributed by atoms with van der Waals surface area (Å²) in [7, 11) is 0. The number of aryl methyl sites for hydroxylation is 1. The van der Waals surface area contributed by atoms with Gasteiger partial charge >= 0.3 is 5.97 Å². The molecule has 4 nitrogen and oxygen atoms in total. The summed E-state index contributed by atoms with van der Waals surface area (Å²) in [5.74, 6) is -0.996. The van der Waals surface area contributed by atoms with E-state index in [4.69, 9.17) is 4.74 Å². The number of carbonyl (C=O) groups is 2. The van der Waals surface area contributed by atoms with Crippen molar-refractivity contribution in [3.05, 3.63) is 75.5 Å². The molecule has 0 bridgehead atoms. The lowest BCUT2D eigenvalue weighted by atomic mass is 10.1. The van der Waals surface area contributed by atoms with Gasteiger partial charge in [-0.05, 0) is 55.6 Å². The van der Waals surface area contributed by atoms with Crippen molar-refractivity contribution in [2.45, 2.75) is 20.3 Å². The largest absolute Gasteiger partial charge is 0.457 e. The first kappa shape index (κ1) is 18.1. The van der Waals surface area contributed by atoms with Gasteiger partial charge in [0.05, 0.1) is 6.42 Å². The van der Waals surface area contributed by atoms with E-state index in [0.29, 0.717) is 5.56 Å². The Bertz CT molecular complexity index is 927. The summed E-state index contributed by atoms with van der Waals surface area (Å²) in [6.07, 6.45) is 0.166. The van der Waals surface area contributed by atoms with Crippen LogP contribution in [0.4, 0.5) is 4.39 Å². The van der Waals surface area contributed by atoms with E-state index in [9.17, 15) is 14.0 Å². The molecule has 0 amide bonds. The third kappa shape index (κ3) is 3.91. The van der Waals surface area contributed by atoms with Crippen LogP contribution in [0.3, 0.4) is 0 Å². The smallest absolute Gasteiger partial charge is 0.311 e.